The Kier molecular flexibility index (Phi) is 6.81. The lowest BCUT2D eigenvalue weighted by molar-refractivity contribution is 0.0954. The minimum Gasteiger partial charge on any atom is -0.493 e. The number of hydrogen-bond donors (Lipinski definition) is 1. The van der Waals surface area contributed by atoms with Crippen molar-refractivity contribution in [2.24, 2.45) is 5.10 Å². The normalized spacial score (nSPS) is 11.1. The number of nitrogens with one attached hydrogen (secondary N) is 1. The van der Waals surface area contributed by atoms with Crippen molar-refractivity contribution in [3.05, 3.63) is 88.7 Å². The van der Waals surface area contributed by atoms with Gasteiger partial charge < -0.3 is 9.47 Å². The van der Waals surface area contributed by atoms with Crippen LogP contribution in [0.4, 0.5) is 0 Å². The van der Waals surface area contributed by atoms with E-state index in [4.69, 9.17) is 21.1 Å². The lowest BCUT2D eigenvalue weighted by Gasteiger charge is -2.12. The molecule has 7 heteroatoms. The van der Waals surface area contributed by atoms with Crippen molar-refractivity contribution in [3.8, 4) is 11.5 Å². The SMILES string of the molecule is COc1cc(C(C)=NNC(=O)c2cccnc2)ccc1OCc1ccc(Cl)cc1. The molecule has 0 aliphatic heterocycles. The van der Waals surface area contributed by atoms with E-state index in [2.05, 4.69) is 15.5 Å². The predicted octanol–water partition coefficient (Wildman–Crippen LogP) is 4.48. The Morgan fingerprint density at radius 2 is 1.90 bits per heavy atom. The van der Waals surface area contributed by atoms with Crippen LogP contribution in [0.15, 0.2) is 72.1 Å². The van der Waals surface area contributed by atoms with Gasteiger partial charge in [-0.1, -0.05) is 23.7 Å². The summed E-state index contributed by atoms with van der Waals surface area (Å²) in [5.74, 6) is 0.857. The standard InChI is InChI=1S/C22H20ClN3O3/c1-15(25-26-22(27)18-4-3-11-24-13-18)17-7-10-20(21(12-17)28-2)29-14-16-5-8-19(23)9-6-16/h3-13H,14H2,1-2H3,(H,26,27). The molecule has 0 spiro atoms. The summed E-state index contributed by atoms with van der Waals surface area (Å²) < 4.78 is 11.3. The van der Waals surface area contributed by atoms with E-state index < -0.39 is 0 Å². The minimum atomic E-state index is -0.327. The van der Waals surface area contributed by atoms with Crippen molar-refractivity contribution < 1.29 is 14.3 Å². The number of pyridine rings is 1. The molecule has 0 fully saturated rings. The maximum Gasteiger partial charge on any atom is 0.272 e. The molecule has 1 amide bonds. The van der Waals surface area contributed by atoms with Crippen LogP contribution in [0.1, 0.15) is 28.4 Å². The zero-order valence-electron chi connectivity index (χ0n) is 16.1. The van der Waals surface area contributed by atoms with Gasteiger partial charge in [0.05, 0.1) is 18.4 Å². The summed E-state index contributed by atoms with van der Waals surface area (Å²) in [7, 11) is 1.57. The molecule has 1 aromatic heterocycles. The van der Waals surface area contributed by atoms with Crippen molar-refractivity contribution in [1.82, 2.24) is 10.4 Å². The summed E-state index contributed by atoms with van der Waals surface area (Å²) in [5.41, 5.74) is 5.39. The van der Waals surface area contributed by atoms with E-state index in [-0.39, 0.29) is 5.91 Å². The molecule has 148 valence electrons. The molecule has 1 N–H and O–H groups in total. The van der Waals surface area contributed by atoms with E-state index in [0.29, 0.717) is 34.4 Å². The number of carbonyl (C=O) groups excluding carboxylic acids is 1. The number of hydrazone groups is 1. The zero-order valence-corrected chi connectivity index (χ0v) is 16.8. The largest absolute Gasteiger partial charge is 0.493 e. The number of nitrogens with zero attached hydrogens (tertiary/aromatic N) is 2. The number of rotatable bonds is 7. The number of benzene rings is 2. The fourth-order valence-corrected chi connectivity index (χ4v) is 2.64. The van der Waals surface area contributed by atoms with Crippen LogP contribution >= 0.6 is 11.6 Å². The van der Waals surface area contributed by atoms with Gasteiger partial charge in [0.15, 0.2) is 11.5 Å². The van der Waals surface area contributed by atoms with Gasteiger partial charge in [0.2, 0.25) is 0 Å². The summed E-state index contributed by atoms with van der Waals surface area (Å²) in [6.45, 7) is 2.19. The quantitative estimate of drug-likeness (QED) is 0.461. The van der Waals surface area contributed by atoms with Crippen LogP contribution < -0.4 is 14.9 Å². The summed E-state index contributed by atoms with van der Waals surface area (Å²) in [5, 5.41) is 4.84. The molecule has 0 aliphatic carbocycles. The smallest absolute Gasteiger partial charge is 0.272 e. The van der Waals surface area contributed by atoms with E-state index in [0.717, 1.165) is 11.1 Å². The first-order valence-electron chi connectivity index (χ1n) is 8.87. The van der Waals surface area contributed by atoms with Crippen molar-refractivity contribution in [2.45, 2.75) is 13.5 Å². The van der Waals surface area contributed by atoms with Gasteiger partial charge in [-0.15, -0.1) is 0 Å². The van der Waals surface area contributed by atoms with Crippen molar-refractivity contribution in [2.75, 3.05) is 7.11 Å². The van der Waals surface area contributed by atoms with Crippen LogP contribution in [0.2, 0.25) is 5.02 Å². The van der Waals surface area contributed by atoms with Gasteiger partial charge in [-0.25, -0.2) is 5.43 Å². The Morgan fingerprint density at radius 1 is 1.10 bits per heavy atom. The van der Waals surface area contributed by atoms with Crippen molar-refractivity contribution in [3.63, 3.8) is 0 Å². The molecule has 6 nitrogen and oxygen atoms in total. The Bertz CT molecular complexity index is 1010. The lowest BCUT2D eigenvalue weighted by atomic mass is 10.1. The number of aromatic nitrogens is 1. The molecule has 29 heavy (non-hydrogen) atoms. The third-order valence-corrected chi connectivity index (χ3v) is 4.39. The van der Waals surface area contributed by atoms with Crippen LogP contribution in [-0.4, -0.2) is 23.7 Å². The lowest BCUT2D eigenvalue weighted by Crippen LogP contribution is -2.19. The fourth-order valence-electron chi connectivity index (χ4n) is 2.51. The van der Waals surface area contributed by atoms with Gasteiger partial charge in [0.25, 0.3) is 5.91 Å². The number of carbonyl (C=O) groups is 1. The van der Waals surface area contributed by atoms with Gasteiger partial charge in [0, 0.05) is 23.0 Å². The maximum absolute atomic E-state index is 12.1. The third-order valence-electron chi connectivity index (χ3n) is 4.14. The molecular formula is C22H20ClN3O3. The molecule has 1 heterocycles. The summed E-state index contributed by atoms with van der Waals surface area (Å²) in [4.78, 5) is 16.0. The Morgan fingerprint density at radius 3 is 2.59 bits per heavy atom. The predicted molar refractivity (Wildman–Crippen MR) is 113 cm³/mol. The Hall–Kier alpha value is -3.38. The fraction of sp³-hybridized carbons (Fsp3) is 0.136. The summed E-state index contributed by atoms with van der Waals surface area (Å²) in [6.07, 6.45) is 3.09. The first kappa shape index (κ1) is 20.4. The Labute approximate surface area is 174 Å². The van der Waals surface area contributed by atoms with Gasteiger partial charge in [-0.05, 0) is 55.0 Å². The second kappa shape index (κ2) is 9.71. The zero-order chi connectivity index (χ0) is 20.6. The van der Waals surface area contributed by atoms with E-state index >= 15 is 0 Å². The molecule has 2 aromatic carbocycles. The molecule has 0 bridgehead atoms. The molecule has 0 unspecified atom stereocenters. The van der Waals surface area contributed by atoms with E-state index in [1.54, 1.807) is 32.4 Å². The van der Waals surface area contributed by atoms with E-state index in [1.807, 2.05) is 42.5 Å². The number of methoxy groups -OCH3 is 1. The van der Waals surface area contributed by atoms with Gasteiger partial charge in [0.1, 0.15) is 6.61 Å². The van der Waals surface area contributed by atoms with Gasteiger partial charge in [-0.2, -0.15) is 5.10 Å². The first-order chi connectivity index (χ1) is 14.1. The van der Waals surface area contributed by atoms with E-state index in [1.165, 1.54) is 6.20 Å². The topological polar surface area (TPSA) is 72.8 Å². The van der Waals surface area contributed by atoms with Gasteiger partial charge >= 0.3 is 0 Å². The molecule has 0 saturated heterocycles. The second-order valence-corrected chi connectivity index (χ2v) is 6.60. The van der Waals surface area contributed by atoms with Crippen LogP contribution in [-0.2, 0) is 6.61 Å². The maximum atomic E-state index is 12.1. The van der Waals surface area contributed by atoms with Crippen molar-refractivity contribution in [1.29, 1.82) is 0 Å². The van der Waals surface area contributed by atoms with E-state index in [9.17, 15) is 4.79 Å². The number of hydrogen-bond acceptors (Lipinski definition) is 5. The monoisotopic (exact) mass is 409 g/mol. The van der Waals surface area contributed by atoms with Crippen molar-refractivity contribution >= 4 is 23.2 Å². The average molecular weight is 410 g/mol. The van der Waals surface area contributed by atoms with Crippen LogP contribution in [0.5, 0.6) is 11.5 Å². The molecule has 0 radical (unpaired) electrons. The average Bonchev–Trinajstić information content (AvgIpc) is 2.77. The minimum absolute atomic E-state index is 0.327. The number of amides is 1. The van der Waals surface area contributed by atoms with Crippen LogP contribution in [0, 0.1) is 0 Å². The molecule has 3 rings (SSSR count). The third kappa shape index (κ3) is 5.56. The van der Waals surface area contributed by atoms with Crippen LogP contribution in [0.3, 0.4) is 0 Å². The molecule has 0 aliphatic rings. The highest BCUT2D eigenvalue weighted by Crippen LogP contribution is 2.29. The first-order valence-corrected chi connectivity index (χ1v) is 9.25. The van der Waals surface area contributed by atoms with Crippen LogP contribution in [0.25, 0.3) is 0 Å². The van der Waals surface area contributed by atoms with Gasteiger partial charge in [-0.3, -0.25) is 9.78 Å². The molecular weight excluding hydrogens is 390 g/mol. The Balaban J connectivity index is 1.68. The second-order valence-electron chi connectivity index (χ2n) is 6.16. The number of ether oxygens (including phenoxy) is 2. The molecule has 0 saturated carbocycles. The molecule has 0 atom stereocenters. The highest BCUT2D eigenvalue weighted by atomic mass is 35.5. The highest BCUT2D eigenvalue weighted by molar-refractivity contribution is 6.30. The molecule has 3 aromatic rings. The summed E-state index contributed by atoms with van der Waals surface area (Å²) >= 11 is 5.90. The number of halogens is 1. The summed E-state index contributed by atoms with van der Waals surface area (Å²) in [6, 6.07) is 16.3. The highest BCUT2D eigenvalue weighted by Gasteiger charge is 2.09.